The summed E-state index contributed by atoms with van der Waals surface area (Å²) in [4.78, 5) is 36.8. The lowest BCUT2D eigenvalue weighted by molar-refractivity contribution is 0.102. The van der Waals surface area contributed by atoms with Crippen LogP contribution in [0.1, 0.15) is 10.4 Å². The number of benzene rings is 2. The minimum Gasteiger partial charge on any atom is -0.383 e. The fraction of sp³-hybridized carbons (Fsp3) is 0.167. The van der Waals surface area contributed by atoms with Gasteiger partial charge in [-0.1, -0.05) is 29.5 Å². The van der Waals surface area contributed by atoms with Crippen LogP contribution in [0.2, 0.25) is 0 Å². The summed E-state index contributed by atoms with van der Waals surface area (Å²) < 4.78 is 5.46. The highest BCUT2D eigenvalue weighted by Gasteiger charge is 2.27. The van der Waals surface area contributed by atoms with Crippen molar-refractivity contribution in [2.45, 2.75) is 0 Å². The molecule has 1 saturated heterocycles. The second-order valence-corrected chi connectivity index (χ2v) is 8.77. The lowest BCUT2D eigenvalue weighted by atomic mass is 10.1. The molecular weight excluding hydrogens is 466 g/mol. The van der Waals surface area contributed by atoms with E-state index in [0.29, 0.717) is 59.1 Å². The third-order valence-corrected chi connectivity index (χ3v) is 6.62. The van der Waals surface area contributed by atoms with Crippen LogP contribution >= 0.6 is 11.3 Å². The molecule has 5 rings (SSSR count). The van der Waals surface area contributed by atoms with E-state index in [0.717, 1.165) is 5.00 Å². The zero-order valence-electron chi connectivity index (χ0n) is 18.7. The summed E-state index contributed by atoms with van der Waals surface area (Å²) in [6, 6.07) is 15.7. The second kappa shape index (κ2) is 9.95. The van der Waals surface area contributed by atoms with E-state index in [1.807, 2.05) is 18.2 Å². The summed E-state index contributed by atoms with van der Waals surface area (Å²) in [7, 11) is 0. The topological polar surface area (TPSA) is 134 Å². The van der Waals surface area contributed by atoms with Crippen molar-refractivity contribution in [3.05, 3.63) is 66.5 Å². The van der Waals surface area contributed by atoms with Gasteiger partial charge in [0.25, 0.3) is 5.91 Å². The van der Waals surface area contributed by atoms with E-state index in [-0.39, 0.29) is 17.8 Å². The Morgan fingerprint density at radius 2 is 1.51 bits per heavy atom. The summed E-state index contributed by atoms with van der Waals surface area (Å²) in [6.45, 7) is 2.52. The minimum absolute atomic E-state index is 0.264. The number of amides is 3. The molecule has 35 heavy (non-hydrogen) atoms. The molecule has 0 unspecified atom stereocenters. The number of nitrogens with zero attached hydrogens (tertiary/aromatic N) is 3. The number of morpholine rings is 1. The van der Waals surface area contributed by atoms with Crippen molar-refractivity contribution in [2.75, 3.05) is 52.9 Å². The predicted octanol–water partition coefficient (Wildman–Crippen LogP) is 4.01. The van der Waals surface area contributed by atoms with E-state index >= 15 is 0 Å². The Hall–Kier alpha value is -4.22. The number of fused-ring (bicyclic) bond motifs is 1. The SMILES string of the molecule is Nc1ncnc2sc(N3CCOCC3)c(C(=O)Nc3ccc(NC(=O)Nc4ccccc4)cc3)c12. The van der Waals surface area contributed by atoms with Crippen LogP contribution in [0.15, 0.2) is 60.9 Å². The summed E-state index contributed by atoms with van der Waals surface area (Å²) in [5.41, 5.74) is 8.45. The molecule has 3 amide bonds. The molecule has 0 saturated carbocycles. The van der Waals surface area contributed by atoms with Gasteiger partial charge in [-0.25, -0.2) is 14.8 Å². The van der Waals surface area contributed by atoms with Crippen molar-refractivity contribution in [1.29, 1.82) is 0 Å². The number of carbonyl (C=O) groups excluding carboxylic acids is 2. The number of nitrogen functional groups attached to an aromatic ring is 1. The highest BCUT2D eigenvalue weighted by atomic mass is 32.1. The molecule has 5 N–H and O–H groups in total. The minimum atomic E-state index is -0.358. The van der Waals surface area contributed by atoms with Crippen molar-refractivity contribution >= 4 is 61.4 Å². The van der Waals surface area contributed by atoms with Crippen LogP contribution in [-0.4, -0.2) is 48.2 Å². The van der Waals surface area contributed by atoms with E-state index in [9.17, 15) is 9.59 Å². The van der Waals surface area contributed by atoms with Gasteiger partial charge < -0.3 is 31.3 Å². The number of para-hydroxylation sites is 1. The Kier molecular flexibility index (Phi) is 6.42. The fourth-order valence-electron chi connectivity index (χ4n) is 3.79. The summed E-state index contributed by atoms with van der Waals surface area (Å²) in [5, 5.41) is 9.81. The van der Waals surface area contributed by atoms with Crippen LogP contribution in [0.3, 0.4) is 0 Å². The van der Waals surface area contributed by atoms with Gasteiger partial charge in [0.1, 0.15) is 22.0 Å². The summed E-state index contributed by atoms with van der Waals surface area (Å²) >= 11 is 1.42. The van der Waals surface area contributed by atoms with E-state index < -0.39 is 0 Å². The number of nitrogens with two attached hydrogens (primary N) is 1. The molecule has 178 valence electrons. The number of urea groups is 1. The molecule has 0 aliphatic carbocycles. The number of rotatable bonds is 5. The van der Waals surface area contributed by atoms with Gasteiger partial charge in [0.05, 0.1) is 24.2 Å². The molecule has 3 heterocycles. The zero-order valence-corrected chi connectivity index (χ0v) is 19.5. The van der Waals surface area contributed by atoms with Crippen LogP contribution in [-0.2, 0) is 4.74 Å². The number of ether oxygens (including phenoxy) is 1. The average molecular weight is 490 g/mol. The van der Waals surface area contributed by atoms with Gasteiger partial charge in [-0.15, -0.1) is 0 Å². The molecular formula is C24H23N7O3S. The highest BCUT2D eigenvalue weighted by Crippen LogP contribution is 2.40. The second-order valence-electron chi connectivity index (χ2n) is 7.80. The maximum atomic E-state index is 13.4. The molecule has 2 aromatic heterocycles. The molecule has 1 aliphatic heterocycles. The lowest BCUT2D eigenvalue weighted by Gasteiger charge is -2.28. The molecule has 1 aliphatic rings. The molecule has 10 nitrogen and oxygen atoms in total. The first-order chi connectivity index (χ1) is 17.1. The number of hydrogen-bond donors (Lipinski definition) is 4. The third-order valence-electron chi connectivity index (χ3n) is 5.46. The fourth-order valence-corrected chi connectivity index (χ4v) is 4.99. The van der Waals surface area contributed by atoms with Crippen molar-refractivity contribution in [3.63, 3.8) is 0 Å². The van der Waals surface area contributed by atoms with Crippen molar-refractivity contribution in [1.82, 2.24) is 9.97 Å². The number of thiophene rings is 1. The summed E-state index contributed by atoms with van der Waals surface area (Å²) in [6.07, 6.45) is 1.40. The maximum absolute atomic E-state index is 13.4. The Balaban J connectivity index is 1.33. The number of hydrogen-bond acceptors (Lipinski definition) is 8. The van der Waals surface area contributed by atoms with Crippen molar-refractivity contribution < 1.29 is 14.3 Å². The van der Waals surface area contributed by atoms with Crippen molar-refractivity contribution in [2.24, 2.45) is 0 Å². The molecule has 0 bridgehead atoms. The predicted molar refractivity (Wildman–Crippen MR) is 138 cm³/mol. The van der Waals surface area contributed by atoms with Crippen LogP contribution < -0.4 is 26.6 Å². The Labute approximate surface area is 205 Å². The Morgan fingerprint density at radius 3 is 2.20 bits per heavy atom. The Morgan fingerprint density at radius 1 is 0.886 bits per heavy atom. The van der Waals surface area contributed by atoms with Gasteiger partial charge in [0, 0.05) is 30.2 Å². The number of carbonyl (C=O) groups is 2. The zero-order chi connectivity index (χ0) is 24.2. The molecule has 0 spiro atoms. The van der Waals surface area contributed by atoms with Gasteiger partial charge in [0.2, 0.25) is 0 Å². The Bertz CT molecular complexity index is 1350. The van der Waals surface area contributed by atoms with E-state index in [1.165, 1.54) is 17.7 Å². The number of aromatic nitrogens is 2. The molecule has 1 fully saturated rings. The molecule has 2 aromatic carbocycles. The van der Waals surface area contributed by atoms with Crippen LogP contribution in [0.5, 0.6) is 0 Å². The molecule has 0 atom stereocenters. The van der Waals surface area contributed by atoms with E-state index in [4.69, 9.17) is 10.5 Å². The van der Waals surface area contributed by atoms with Gasteiger partial charge in [0.15, 0.2) is 0 Å². The molecule has 0 radical (unpaired) electrons. The summed E-state index contributed by atoms with van der Waals surface area (Å²) in [5.74, 6) is -0.0401. The van der Waals surface area contributed by atoms with Gasteiger partial charge >= 0.3 is 6.03 Å². The van der Waals surface area contributed by atoms with Gasteiger partial charge in [-0.3, -0.25) is 4.79 Å². The van der Waals surface area contributed by atoms with Crippen LogP contribution in [0, 0.1) is 0 Å². The highest BCUT2D eigenvalue weighted by molar-refractivity contribution is 7.23. The average Bonchev–Trinajstić information content (AvgIpc) is 3.28. The normalized spacial score (nSPS) is 13.4. The van der Waals surface area contributed by atoms with E-state index in [1.54, 1.807) is 36.4 Å². The first kappa shape index (κ1) is 22.6. The largest absolute Gasteiger partial charge is 0.383 e. The quantitative estimate of drug-likeness (QED) is 0.333. The molecule has 4 aromatic rings. The standard InChI is InChI=1S/C24H23N7O3S/c25-20-18-19(23(31-10-12-34-13-11-31)35-22(18)27-14-26-20)21(32)28-16-6-8-17(9-7-16)30-24(33)29-15-4-2-1-3-5-15/h1-9,14H,10-13H2,(H,28,32)(H2,25,26,27)(H2,29,30,33). The van der Waals surface area contributed by atoms with Crippen molar-refractivity contribution in [3.8, 4) is 0 Å². The van der Waals surface area contributed by atoms with Gasteiger partial charge in [-0.05, 0) is 36.4 Å². The molecule has 11 heteroatoms. The maximum Gasteiger partial charge on any atom is 0.323 e. The monoisotopic (exact) mass is 489 g/mol. The number of anilines is 5. The first-order valence-corrected chi connectivity index (χ1v) is 11.8. The third kappa shape index (κ3) is 5.00. The van der Waals surface area contributed by atoms with Crippen LogP contribution in [0.25, 0.3) is 10.2 Å². The van der Waals surface area contributed by atoms with Gasteiger partial charge in [-0.2, -0.15) is 0 Å². The van der Waals surface area contributed by atoms with Crippen LogP contribution in [0.4, 0.5) is 32.7 Å². The lowest BCUT2D eigenvalue weighted by Crippen LogP contribution is -2.36. The first-order valence-electron chi connectivity index (χ1n) is 11.0. The van der Waals surface area contributed by atoms with E-state index in [2.05, 4.69) is 30.8 Å². The smallest absolute Gasteiger partial charge is 0.323 e. The number of nitrogens with one attached hydrogen (secondary N) is 3.